The number of thiophene rings is 1. The fourth-order valence-corrected chi connectivity index (χ4v) is 6.29. The first-order valence-corrected chi connectivity index (χ1v) is 12.4. The average Bonchev–Trinajstić information content (AvgIpc) is 3.21. The standard InChI is InChI=1S/C21H27N3O5S2/c1-3-22-19(25)14-29-18-9-7-17(8-10-18)23-21(26)16-5-4-12-24(13-16)31(27,28)20-11-6-15(2)30-20/h6-11,16H,3-5,12-14H2,1-2H3,(H,22,25)(H,23,26). The van der Waals surface area contributed by atoms with E-state index in [1.807, 2.05) is 13.8 Å². The molecule has 31 heavy (non-hydrogen) atoms. The number of rotatable bonds is 8. The van der Waals surface area contributed by atoms with E-state index in [-0.39, 0.29) is 25.0 Å². The Balaban J connectivity index is 1.57. The van der Waals surface area contributed by atoms with Gasteiger partial charge in [0.2, 0.25) is 5.91 Å². The second kappa shape index (κ2) is 10.3. The maximum atomic E-state index is 12.9. The van der Waals surface area contributed by atoms with Gasteiger partial charge in [0.05, 0.1) is 5.92 Å². The van der Waals surface area contributed by atoms with Crippen LogP contribution < -0.4 is 15.4 Å². The van der Waals surface area contributed by atoms with Crippen molar-refractivity contribution in [3.05, 3.63) is 41.3 Å². The molecule has 1 saturated heterocycles. The van der Waals surface area contributed by atoms with Crippen molar-refractivity contribution < 1.29 is 22.7 Å². The number of hydrogen-bond donors (Lipinski definition) is 2. The molecule has 168 valence electrons. The van der Waals surface area contributed by atoms with Crippen molar-refractivity contribution in [2.75, 3.05) is 31.6 Å². The number of amides is 2. The van der Waals surface area contributed by atoms with Crippen molar-refractivity contribution in [2.24, 2.45) is 5.92 Å². The van der Waals surface area contributed by atoms with Crippen molar-refractivity contribution in [3.8, 4) is 5.75 Å². The van der Waals surface area contributed by atoms with Gasteiger partial charge in [0, 0.05) is 30.2 Å². The number of carbonyl (C=O) groups is 2. The minimum Gasteiger partial charge on any atom is -0.484 e. The minimum atomic E-state index is -3.58. The number of sulfonamides is 1. The summed E-state index contributed by atoms with van der Waals surface area (Å²) >= 11 is 1.24. The average molecular weight is 466 g/mol. The lowest BCUT2D eigenvalue weighted by atomic mass is 9.99. The number of anilines is 1. The fraction of sp³-hybridized carbons (Fsp3) is 0.429. The first-order chi connectivity index (χ1) is 14.8. The Hall–Kier alpha value is -2.43. The highest BCUT2D eigenvalue weighted by molar-refractivity contribution is 7.91. The maximum absolute atomic E-state index is 12.9. The number of piperidine rings is 1. The smallest absolute Gasteiger partial charge is 0.257 e. The van der Waals surface area contributed by atoms with Crippen molar-refractivity contribution in [2.45, 2.75) is 30.9 Å². The van der Waals surface area contributed by atoms with Crippen molar-refractivity contribution in [1.82, 2.24) is 9.62 Å². The number of ether oxygens (including phenoxy) is 1. The van der Waals surface area contributed by atoms with Gasteiger partial charge in [-0.05, 0) is 63.1 Å². The maximum Gasteiger partial charge on any atom is 0.257 e. The summed E-state index contributed by atoms with van der Waals surface area (Å²) in [7, 11) is -3.58. The molecule has 1 aromatic heterocycles. The molecular formula is C21H27N3O5S2. The summed E-state index contributed by atoms with van der Waals surface area (Å²) in [5.74, 6) is -0.309. The fourth-order valence-electron chi connectivity index (χ4n) is 3.33. The Bertz CT molecular complexity index is 1020. The molecule has 2 heterocycles. The van der Waals surface area contributed by atoms with Crippen molar-refractivity contribution >= 4 is 38.9 Å². The Morgan fingerprint density at radius 2 is 1.94 bits per heavy atom. The van der Waals surface area contributed by atoms with Crippen LogP contribution in [0.5, 0.6) is 5.75 Å². The van der Waals surface area contributed by atoms with Gasteiger partial charge >= 0.3 is 0 Å². The number of benzene rings is 1. The molecule has 2 N–H and O–H groups in total. The highest BCUT2D eigenvalue weighted by atomic mass is 32.2. The minimum absolute atomic E-state index is 0.0737. The molecule has 0 spiro atoms. The normalized spacial score (nSPS) is 17.2. The Morgan fingerprint density at radius 3 is 2.58 bits per heavy atom. The lowest BCUT2D eigenvalue weighted by Gasteiger charge is -2.30. The van der Waals surface area contributed by atoms with Crippen LogP contribution in [0, 0.1) is 12.8 Å². The lowest BCUT2D eigenvalue weighted by molar-refractivity contribution is -0.123. The third-order valence-electron chi connectivity index (χ3n) is 4.93. The second-order valence-corrected chi connectivity index (χ2v) is 10.8. The molecule has 2 amide bonds. The van der Waals surface area contributed by atoms with Gasteiger partial charge in [-0.3, -0.25) is 9.59 Å². The molecule has 10 heteroatoms. The summed E-state index contributed by atoms with van der Waals surface area (Å²) in [5.41, 5.74) is 0.587. The zero-order valence-corrected chi connectivity index (χ0v) is 19.2. The quantitative estimate of drug-likeness (QED) is 0.624. The summed E-state index contributed by atoms with van der Waals surface area (Å²) in [6, 6.07) is 10.1. The first kappa shape index (κ1) is 23.2. The number of nitrogens with zero attached hydrogens (tertiary/aromatic N) is 1. The molecule has 1 fully saturated rings. The summed E-state index contributed by atoms with van der Waals surface area (Å²) < 4.78 is 32.9. The molecule has 1 unspecified atom stereocenters. The number of carbonyl (C=O) groups excluding carboxylic acids is 2. The van der Waals surface area contributed by atoms with Crippen molar-refractivity contribution in [1.29, 1.82) is 0 Å². The summed E-state index contributed by atoms with van der Waals surface area (Å²) in [4.78, 5) is 25.1. The van der Waals surface area contributed by atoms with E-state index < -0.39 is 15.9 Å². The van der Waals surface area contributed by atoms with Gasteiger partial charge in [-0.15, -0.1) is 11.3 Å². The van der Waals surface area contributed by atoms with Crippen LogP contribution in [0.15, 0.2) is 40.6 Å². The SMILES string of the molecule is CCNC(=O)COc1ccc(NC(=O)C2CCCN(S(=O)(=O)c3ccc(C)s3)C2)cc1. The first-order valence-electron chi connectivity index (χ1n) is 10.2. The third kappa shape index (κ3) is 6.05. The van der Waals surface area contributed by atoms with E-state index in [0.717, 1.165) is 4.88 Å². The van der Waals surface area contributed by atoms with E-state index in [9.17, 15) is 18.0 Å². The predicted molar refractivity (Wildman–Crippen MR) is 120 cm³/mol. The zero-order chi connectivity index (χ0) is 22.4. The number of aryl methyl sites for hydroxylation is 1. The topological polar surface area (TPSA) is 105 Å². The molecule has 3 rings (SSSR count). The lowest BCUT2D eigenvalue weighted by Crippen LogP contribution is -2.43. The molecule has 0 radical (unpaired) electrons. The molecule has 1 aromatic carbocycles. The van der Waals surface area contributed by atoms with Crippen LogP contribution >= 0.6 is 11.3 Å². The predicted octanol–water partition coefficient (Wildman–Crippen LogP) is 2.61. The van der Waals surface area contributed by atoms with Gasteiger partial charge in [-0.1, -0.05) is 0 Å². The monoisotopic (exact) mass is 465 g/mol. The molecule has 1 aliphatic heterocycles. The highest BCUT2D eigenvalue weighted by Gasteiger charge is 2.34. The second-order valence-electron chi connectivity index (χ2n) is 7.32. The van der Waals surface area contributed by atoms with Gasteiger partial charge in [0.15, 0.2) is 6.61 Å². The molecule has 0 aliphatic carbocycles. The summed E-state index contributed by atoms with van der Waals surface area (Å²) in [6.45, 7) is 4.75. The molecular weight excluding hydrogens is 438 g/mol. The van der Waals surface area contributed by atoms with Gasteiger partial charge in [0.1, 0.15) is 9.96 Å². The third-order valence-corrected chi connectivity index (χ3v) is 8.26. The molecule has 1 aliphatic rings. The molecule has 0 saturated carbocycles. The van der Waals surface area contributed by atoms with Crippen LogP contribution in [-0.4, -0.2) is 50.8 Å². The molecule has 2 aromatic rings. The van der Waals surface area contributed by atoms with E-state index in [0.29, 0.717) is 41.6 Å². The Labute approximate surface area is 186 Å². The van der Waals surface area contributed by atoms with E-state index in [1.165, 1.54) is 15.6 Å². The van der Waals surface area contributed by atoms with Gasteiger partial charge in [-0.25, -0.2) is 8.42 Å². The van der Waals surface area contributed by atoms with E-state index in [4.69, 9.17) is 4.74 Å². The van der Waals surface area contributed by atoms with Crippen LogP contribution in [0.25, 0.3) is 0 Å². The van der Waals surface area contributed by atoms with E-state index in [2.05, 4.69) is 10.6 Å². The van der Waals surface area contributed by atoms with E-state index in [1.54, 1.807) is 36.4 Å². The number of likely N-dealkylation sites (N-methyl/N-ethyl adjacent to an activating group) is 1. The summed E-state index contributed by atoms with van der Waals surface area (Å²) in [5, 5.41) is 5.50. The molecule has 0 bridgehead atoms. The van der Waals surface area contributed by atoms with Crippen LogP contribution in [0.2, 0.25) is 0 Å². The largest absolute Gasteiger partial charge is 0.484 e. The molecule has 8 nitrogen and oxygen atoms in total. The van der Waals surface area contributed by atoms with Gasteiger partial charge in [-0.2, -0.15) is 4.31 Å². The van der Waals surface area contributed by atoms with Crippen LogP contribution in [-0.2, 0) is 19.6 Å². The highest BCUT2D eigenvalue weighted by Crippen LogP contribution is 2.28. The Kier molecular flexibility index (Phi) is 7.69. The number of hydrogen-bond acceptors (Lipinski definition) is 6. The van der Waals surface area contributed by atoms with Crippen LogP contribution in [0.4, 0.5) is 5.69 Å². The zero-order valence-electron chi connectivity index (χ0n) is 17.6. The van der Waals surface area contributed by atoms with Crippen LogP contribution in [0.3, 0.4) is 0 Å². The molecule has 1 atom stereocenters. The van der Waals surface area contributed by atoms with Crippen LogP contribution in [0.1, 0.15) is 24.6 Å². The number of nitrogens with one attached hydrogen (secondary N) is 2. The van der Waals surface area contributed by atoms with Gasteiger partial charge < -0.3 is 15.4 Å². The Morgan fingerprint density at radius 1 is 1.19 bits per heavy atom. The summed E-state index contributed by atoms with van der Waals surface area (Å²) in [6.07, 6.45) is 1.27. The van der Waals surface area contributed by atoms with Crippen molar-refractivity contribution in [3.63, 3.8) is 0 Å². The van der Waals surface area contributed by atoms with Gasteiger partial charge in [0.25, 0.3) is 15.9 Å². The van der Waals surface area contributed by atoms with E-state index >= 15 is 0 Å².